The van der Waals surface area contributed by atoms with E-state index in [-0.39, 0.29) is 24.0 Å². The molecule has 1 aromatic carbocycles. The number of nitrogens with one attached hydrogen (secondary N) is 2. The van der Waals surface area contributed by atoms with E-state index in [0.717, 1.165) is 56.4 Å². The summed E-state index contributed by atoms with van der Waals surface area (Å²) in [6, 6.07) is 8.56. The second-order valence-electron chi connectivity index (χ2n) is 6.40. The lowest BCUT2D eigenvalue weighted by molar-refractivity contribution is 0.415. The zero-order valence-corrected chi connectivity index (χ0v) is 18.3. The number of halogens is 1. The summed E-state index contributed by atoms with van der Waals surface area (Å²) in [4.78, 5) is 10.8. The van der Waals surface area contributed by atoms with E-state index in [4.69, 9.17) is 4.74 Å². The number of rotatable bonds is 7. The van der Waals surface area contributed by atoms with Crippen LogP contribution in [0.4, 0.5) is 5.69 Å². The summed E-state index contributed by atoms with van der Waals surface area (Å²) in [5.74, 6) is 1.79. The van der Waals surface area contributed by atoms with E-state index in [1.54, 1.807) is 7.11 Å². The minimum Gasteiger partial charge on any atom is -0.495 e. The number of ether oxygens (including phenoxy) is 1. The van der Waals surface area contributed by atoms with Crippen LogP contribution in [0.3, 0.4) is 0 Å². The van der Waals surface area contributed by atoms with Gasteiger partial charge in [-0.25, -0.2) is 4.98 Å². The molecule has 1 aliphatic rings. The number of hydrogen-bond donors (Lipinski definition) is 2. The van der Waals surface area contributed by atoms with Gasteiger partial charge in [0.1, 0.15) is 5.75 Å². The van der Waals surface area contributed by atoms with Crippen molar-refractivity contribution in [2.75, 3.05) is 38.7 Å². The van der Waals surface area contributed by atoms with Crippen molar-refractivity contribution < 1.29 is 4.74 Å². The molecular weight excluding hydrogens is 455 g/mol. The molecule has 0 aliphatic carbocycles. The highest BCUT2D eigenvalue weighted by atomic mass is 127. The Bertz CT molecular complexity index is 706. The van der Waals surface area contributed by atoms with Gasteiger partial charge in [-0.1, -0.05) is 12.1 Å². The molecule has 1 aliphatic heterocycles. The van der Waals surface area contributed by atoms with Gasteiger partial charge in [-0.15, -0.1) is 24.0 Å². The summed E-state index contributed by atoms with van der Waals surface area (Å²) in [6.45, 7) is 3.78. The van der Waals surface area contributed by atoms with E-state index >= 15 is 0 Å². The number of para-hydroxylation sites is 2. The molecule has 0 bridgehead atoms. The Hall–Kier alpha value is -1.97. The summed E-state index contributed by atoms with van der Waals surface area (Å²) < 4.78 is 7.57. The fraction of sp³-hybridized carbons (Fsp3) is 0.474. The molecule has 0 amide bonds. The van der Waals surface area contributed by atoms with Crippen molar-refractivity contribution in [3.63, 3.8) is 0 Å². The van der Waals surface area contributed by atoms with Crippen molar-refractivity contribution in [1.82, 2.24) is 20.2 Å². The first kappa shape index (κ1) is 21.3. The fourth-order valence-electron chi connectivity index (χ4n) is 3.26. The van der Waals surface area contributed by atoms with E-state index in [2.05, 4.69) is 42.2 Å². The monoisotopic (exact) mass is 484 g/mol. The number of imidazole rings is 1. The average Bonchev–Trinajstić information content (AvgIpc) is 3.36. The summed E-state index contributed by atoms with van der Waals surface area (Å²) in [6.07, 6.45) is 7.74. The van der Waals surface area contributed by atoms with Crippen LogP contribution >= 0.6 is 24.0 Å². The molecule has 2 aromatic rings. The minimum absolute atomic E-state index is 0. The Kier molecular flexibility index (Phi) is 8.70. The number of aliphatic imine (C=N–C) groups is 1. The van der Waals surface area contributed by atoms with Crippen molar-refractivity contribution in [2.24, 2.45) is 4.99 Å². The van der Waals surface area contributed by atoms with Crippen molar-refractivity contribution in [1.29, 1.82) is 0 Å². The van der Waals surface area contributed by atoms with E-state index in [1.165, 1.54) is 0 Å². The van der Waals surface area contributed by atoms with Gasteiger partial charge in [-0.3, -0.25) is 4.99 Å². The molecule has 1 saturated heterocycles. The van der Waals surface area contributed by atoms with Gasteiger partial charge in [0, 0.05) is 51.7 Å². The first-order valence-corrected chi connectivity index (χ1v) is 9.11. The number of aryl methyl sites for hydroxylation is 1. The van der Waals surface area contributed by atoms with Crippen molar-refractivity contribution in [3.8, 4) is 5.75 Å². The maximum Gasteiger partial charge on any atom is 0.191 e. The van der Waals surface area contributed by atoms with E-state index in [9.17, 15) is 0 Å². The predicted octanol–water partition coefficient (Wildman–Crippen LogP) is 2.34. The highest BCUT2D eigenvalue weighted by Crippen LogP contribution is 2.30. The van der Waals surface area contributed by atoms with Crippen LogP contribution in [0.2, 0.25) is 0 Å². The third-order valence-electron chi connectivity index (χ3n) is 4.62. The molecule has 0 spiro atoms. The van der Waals surface area contributed by atoms with Crippen LogP contribution in [0.15, 0.2) is 48.0 Å². The molecule has 7 nitrogen and oxygen atoms in total. The summed E-state index contributed by atoms with van der Waals surface area (Å²) >= 11 is 0. The predicted molar refractivity (Wildman–Crippen MR) is 120 cm³/mol. The maximum atomic E-state index is 5.49. The van der Waals surface area contributed by atoms with Gasteiger partial charge >= 0.3 is 0 Å². The number of nitrogens with zero attached hydrogens (tertiary/aromatic N) is 4. The lowest BCUT2D eigenvalue weighted by Crippen LogP contribution is -2.45. The van der Waals surface area contributed by atoms with Gasteiger partial charge in [0.25, 0.3) is 0 Å². The highest BCUT2D eigenvalue weighted by molar-refractivity contribution is 14.0. The van der Waals surface area contributed by atoms with Gasteiger partial charge in [0.05, 0.1) is 19.1 Å². The molecule has 148 valence electrons. The van der Waals surface area contributed by atoms with E-state index in [1.807, 2.05) is 37.9 Å². The van der Waals surface area contributed by atoms with Crippen LogP contribution in [-0.4, -0.2) is 55.3 Å². The Morgan fingerprint density at radius 2 is 2.22 bits per heavy atom. The minimum atomic E-state index is 0. The van der Waals surface area contributed by atoms with E-state index in [0.29, 0.717) is 6.04 Å². The van der Waals surface area contributed by atoms with Gasteiger partial charge in [-0.2, -0.15) is 0 Å². The molecule has 27 heavy (non-hydrogen) atoms. The lowest BCUT2D eigenvalue weighted by atomic mass is 10.2. The van der Waals surface area contributed by atoms with Crippen LogP contribution in [-0.2, 0) is 6.54 Å². The normalized spacial score (nSPS) is 16.7. The van der Waals surface area contributed by atoms with Crippen LogP contribution < -0.4 is 20.3 Å². The molecule has 2 N–H and O–H groups in total. The number of benzene rings is 1. The number of aromatic nitrogens is 2. The standard InChI is InChI=1S/C19H28N6O.HI/c1-20-19(22-9-5-11-24-13-10-21-15-24)23-16-8-12-25(14-16)17-6-3-4-7-18(17)26-2;/h3-4,6-7,10,13,15-16H,5,8-9,11-12,14H2,1-2H3,(H2,20,22,23);1H. The first-order chi connectivity index (χ1) is 12.8. The zero-order valence-electron chi connectivity index (χ0n) is 16.0. The van der Waals surface area contributed by atoms with Crippen LogP contribution in [0, 0.1) is 0 Å². The van der Waals surface area contributed by atoms with Crippen molar-refractivity contribution >= 4 is 35.6 Å². The molecule has 1 unspecified atom stereocenters. The van der Waals surface area contributed by atoms with Crippen molar-refractivity contribution in [3.05, 3.63) is 43.0 Å². The third kappa shape index (κ3) is 6.02. The Labute approximate surface area is 178 Å². The summed E-state index contributed by atoms with van der Waals surface area (Å²) in [5.41, 5.74) is 1.16. The Morgan fingerprint density at radius 3 is 2.96 bits per heavy atom. The SMILES string of the molecule is CN=C(NCCCn1ccnc1)NC1CCN(c2ccccc2OC)C1.I. The quantitative estimate of drug-likeness (QED) is 0.274. The molecule has 8 heteroatoms. The highest BCUT2D eigenvalue weighted by Gasteiger charge is 2.25. The Balaban J connectivity index is 0.00000261. The average molecular weight is 484 g/mol. The van der Waals surface area contributed by atoms with Gasteiger partial charge in [-0.05, 0) is 25.0 Å². The topological polar surface area (TPSA) is 66.7 Å². The van der Waals surface area contributed by atoms with Crippen molar-refractivity contribution in [2.45, 2.75) is 25.4 Å². The number of anilines is 1. The maximum absolute atomic E-state index is 5.49. The molecule has 0 saturated carbocycles. The number of guanidine groups is 1. The Morgan fingerprint density at radius 1 is 1.37 bits per heavy atom. The number of methoxy groups -OCH3 is 1. The molecule has 0 radical (unpaired) electrons. The molecule has 3 rings (SSSR count). The molecule has 1 atom stereocenters. The van der Waals surface area contributed by atoms with Crippen LogP contribution in [0.5, 0.6) is 5.75 Å². The third-order valence-corrected chi connectivity index (χ3v) is 4.62. The molecule has 1 aromatic heterocycles. The first-order valence-electron chi connectivity index (χ1n) is 9.11. The molecule has 2 heterocycles. The zero-order chi connectivity index (χ0) is 18.2. The smallest absolute Gasteiger partial charge is 0.191 e. The van der Waals surface area contributed by atoms with Crippen LogP contribution in [0.1, 0.15) is 12.8 Å². The summed E-state index contributed by atoms with van der Waals surface area (Å²) in [7, 11) is 3.54. The van der Waals surface area contributed by atoms with Gasteiger partial charge in [0.15, 0.2) is 5.96 Å². The molecule has 1 fully saturated rings. The summed E-state index contributed by atoms with van der Waals surface area (Å²) in [5, 5.41) is 6.93. The molecular formula is C19H29IN6O. The fourth-order valence-corrected chi connectivity index (χ4v) is 3.26. The number of hydrogen-bond acceptors (Lipinski definition) is 4. The second-order valence-corrected chi connectivity index (χ2v) is 6.40. The van der Waals surface area contributed by atoms with Gasteiger partial charge < -0.3 is 24.8 Å². The van der Waals surface area contributed by atoms with E-state index < -0.39 is 0 Å². The van der Waals surface area contributed by atoms with Crippen LogP contribution in [0.25, 0.3) is 0 Å². The van der Waals surface area contributed by atoms with Gasteiger partial charge in [0.2, 0.25) is 0 Å². The lowest BCUT2D eigenvalue weighted by Gasteiger charge is -2.22. The largest absolute Gasteiger partial charge is 0.495 e. The second kappa shape index (κ2) is 11.0.